The van der Waals surface area contributed by atoms with E-state index in [1.54, 1.807) is 12.4 Å². The number of hydrogen-bond donors (Lipinski definition) is 1. The molecule has 0 bridgehead atoms. The molecule has 17 heavy (non-hydrogen) atoms. The van der Waals surface area contributed by atoms with Crippen LogP contribution >= 0.6 is 11.8 Å². The zero-order valence-corrected chi connectivity index (χ0v) is 10.5. The smallest absolute Gasteiger partial charge is 0.225 e. The highest BCUT2D eigenvalue weighted by Crippen LogP contribution is 2.28. The van der Waals surface area contributed by atoms with Gasteiger partial charge in [-0.05, 0) is 30.0 Å². The second kappa shape index (κ2) is 5.01. The fourth-order valence-corrected chi connectivity index (χ4v) is 1.95. The van der Waals surface area contributed by atoms with Crippen molar-refractivity contribution in [2.24, 2.45) is 0 Å². The summed E-state index contributed by atoms with van der Waals surface area (Å²) in [5.41, 5.74) is 6.48. The number of pyridine rings is 1. The SMILES string of the molecule is CN(C)c1nccc(Sc2ncccc2N)n1. The first-order valence-corrected chi connectivity index (χ1v) is 5.87. The van der Waals surface area contributed by atoms with Gasteiger partial charge in [0.05, 0.1) is 5.69 Å². The lowest BCUT2D eigenvalue weighted by Gasteiger charge is -2.10. The molecule has 0 saturated heterocycles. The standard InChI is InChI=1S/C11H13N5S/c1-16(2)11-14-7-5-9(15-11)17-10-8(12)4-3-6-13-10/h3-7H,12H2,1-2H3. The van der Waals surface area contributed by atoms with Gasteiger partial charge in [-0.3, -0.25) is 0 Å². The maximum absolute atomic E-state index is 5.83. The molecule has 2 N–H and O–H groups in total. The van der Waals surface area contributed by atoms with E-state index in [2.05, 4.69) is 15.0 Å². The van der Waals surface area contributed by atoms with Crippen LogP contribution in [-0.4, -0.2) is 29.0 Å². The fourth-order valence-electron chi connectivity index (χ4n) is 1.19. The van der Waals surface area contributed by atoms with Gasteiger partial charge in [0.25, 0.3) is 0 Å². The van der Waals surface area contributed by atoms with Gasteiger partial charge in [0, 0.05) is 26.5 Å². The quantitative estimate of drug-likeness (QED) is 0.832. The molecule has 2 rings (SSSR count). The van der Waals surface area contributed by atoms with Crippen molar-refractivity contribution in [3.63, 3.8) is 0 Å². The lowest BCUT2D eigenvalue weighted by atomic mass is 10.4. The third-order valence-corrected chi connectivity index (χ3v) is 2.99. The van der Waals surface area contributed by atoms with Crippen molar-refractivity contribution < 1.29 is 0 Å². The molecular weight excluding hydrogens is 234 g/mol. The van der Waals surface area contributed by atoms with Gasteiger partial charge in [0.15, 0.2) is 0 Å². The zero-order chi connectivity index (χ0) is 12.3. The van der Waals surface area contributed by atoms with Crippen molar-refractivity contribution in [3.8, 4) is 0 Å². The topological polar surface area (TPSA) is 67.9 Å². The number of nitrogen functional groups attached to an aromatic ring is 1. The summed E-state index contributed by atoms with van der Waals surface area (Å²) < 4.78 is 0. The first-order valence-electron chi connectivity index (χ1n) is 5.05. The Morgan fingerprint density at radius 3 is 2.71 bits per heavy atom. The Kier molecular flexibility index (Phi) is 3.43. The Labute approximate surface area is 104 Å². The molecule has 2 aromatic rings. The number of nitrogens with two attached hydrogens (primary N) is 1. The maximum atomic E-state index is 5.83. The van der Waals surface area contributed by atoms with E-state index in [0.29, 0.717) is 11.6 Å². The molecule has 2 heterocycles. The van der Waals surface area contributed by atoms with E-state index in [0.717, 1.165) is 10.1 Å². The van der Waals surface area contributed by atoms with Crippen LogP contribution in [0.2, 0.25) is 0 Å². The molecule has 0 fully saturated rings. The van der Waals surface area contributed by atoms with Crippen LogP contribution < -0.4 is 10.6 Å². The van der Waals surface area contributed by atoms with Gasteiger partial charge in [-0.2, -0.15) is 0 Å². The highest BCUT2D eigenvalue weighted by Gasteiger charge is 2.06. The molecule has 0 radical (unpaired) electrons. The average molecular weight is 247 g/mol. The van der Waals surface area contributed by atoms with E-state index in [4.69, 9.17) is 5.73 Å². The van der Waals surface area contributed by atoms with Gasteiger partial charge < -0.3 is 10.6 Å². The van der Waals surface area contributed by atoms with Gasteiger partial charge in [-0.1, -0.05) is 0 Å². The molecule has 0 aliphatic carbocycles. The van der Waals surface area contributed by atoms with Crippen molar-refractivity contribution in [1.82, 2.24) is 15.0 Å². The van der Waals surface area contributed by atoms with Gasteiger partial charge >= 0.3 is 0 Å². The zero-order valence-electron chi connectivity index (χ0n) is 9.66. The van der Waals surface area contributed by atoms with E-state index in [-0.39, 0.29) is 0 Å². The number of anilines is 2. The molecule has 0 aliphatic rings. The van der Waals surface area contributed by atoms with Gasteiger partial charge in [0.2, 0.25) is 5.95 Å². The first-order chi connectivity index (χ1) is 8.16. The Balaban J connectivity index is 2.25. The lowest BCUT2D eigenvalue weighted by Crippen LogP contribution is -2.12. The van der Waals surface area contributed by atoms with Crippen molar-refractivity contribution >= 4 is 23.4 Å². The molecule has 5 nitrogen and oxygen atoms in total. The van der Waals surface area contributed by atoms with Gasteiger partial charge in [-0.15, -0.1) is 0 Å². The molecule has 0 amide bonds. The van der Waals surface area contributed by atoms with E-state index in [9.17, 15) is 0 Å². The summed E-state index contributed by atoms with van der Waals surface area (Å²) in [4.78, 5) is 14.6. The van der Waals surface area contributed by atoms with Crippen molar-refractivity contribution in [2.45, 2.75) is 10.1 Å². The maximum Gasteiger partial charge on any atom is 0.225 e. The number of aromatic nitrogens is 3. The van der Waals surface area contributed by atoms with E-state index in [1.165, 1.54) is 11.8 Å². The molecule has 2 aromatic heterocycles. The number of hydrogen-bond acceptors (Lipinski definition) is 6. The monoisotopic (exact) mass is 247 g/mol. The van der Waals surface area contributed by atoms with Crippen LogP contribution in [-0.2, 0) is 0 Å². The van der Waals surface area contributed by atoms with E-state index in [1.807, 2.05) is 37.2 Å². The summed E-state index contributed by atoms with van der Waals surface area (Å²) in [6.07, 6.45) is 3.44. The fraction of sp³-hybridized carbons (Fsp3) is 0.182. The molecule has 0 atom stereocenters. The van der Waals surface area contributed by atoms with Crippen LogP contribution in [0.5, 0.6) is 0 Å². The number of nitrogens with zero attached hydrogens (tertiary/aromatic N) is 4. The van der Waals surface area contributed by atoms with Crippen molar-refractivity contribution in [3.05, 3.63) is 30.6 Å². The molecule has 0 unspecified atom stereocenters. The summed E-state index contributed by atoms with van der Waals surface area (Å²) in [6.45, 7) is 0. The van der Waals surface area contributed by atoms with Crippen LogP contribution in [0.3, 0.4) is 0 Å². The third kappa shape index (κ3) is 2.85. The Morgan fingerprint density at radius 1 is 1.18 bits per heavy atom. The molecule has 0 aromatic carbocycles. The minimum absolute atomic E-state index is 0.655. The van der Waals surface area contributed by atoms with Gasteiger partial charge in [-0.25, -0.2) is 15.0 Å². The largest absolute Gasteiger partial charge is 0.397 e. The highest BCUT2D eigenvalue weighted by molar-refractivity contribution is 7.99. The van der Waals surface area contributed by atoms with Crippen molar-refractivity contribution in [1.29, 1.82) is 0 Å². The Morgan fingerprint density at radius 2 is 2.00 bits per heavy atom. The van der Waals surface area contributed by atoms with Crippen LogP contribution in [0.25, 0.3) is 0 Å². The van der Waals surface area contributed by atoms with E-state index < -0.39 is 0 Å². The molecule has 0 aliphatic heterocycles. The second-order valence-corrected chi connectivity index (χ2v) is 4.60. The minimum Gasteiger partial charge on any atom is -0.397 e. The van der Waals surface area contributed by atoms with Crippen LogP contribution in [0.1, 0.15) is 0 Å². The minimum atomic E-state index is 0.655. The predicted molar refractivity (Wildman–Crippen MR) is 69.1 cm³/mol. The molecule has 88 valence electrons. The third-order valence-electron chi connectivity index (χ3n) is 2.02. The van der Waals surface area contributed by atoms with Crippen LogP contribution in [0.15, 0.2) is 40.6 Å². The number of rotatable bonds is 3. The highest BCUT2D eigenvalue weighted by atomic mass is 32.2. The van der Waals surface area contributed by atoms with Gasteiger partial charge in [0.1, 0.15) is 10.1 Å². The average Bonchev–Trinajstić information content (AvgIpc) is 2.32. The summed E-state index contributed by atoms with van der Waals surface area (Å²) in [5.74, 6) is 0.671. The summed E-state index contributed by atoms with van der Waals surface area (Å²) in [5, 5.41) is 1.59. The molecule has 0 spiro atoms. The van der Waals surface area contributed by atoms with Crippen LogP contribution in [0.4, 0.5) is 11.6 Å². The Hall–Kier alpha value is -1.82. The van der Waals surface area contributed by atoms with E-state index >= 15 is 0 Å². The molecule has 6 heteroatoms. The first kappa shape index (κ1) is 11.7. The Bertz CT molecular complexity index is 515. The summed E-state index contributed by atoms with van der Waals surface area (Å²) in [6, 6.07) is 5.47. The van der Waals surface area contributed by atoms with Crippen molar-refractivity contribution in [2.75, 3.05) is 24.7 Å². The molecular formula is C11H13N5S. The van der Waals surface area contributed by atoms with Crippen LogP contribution in [0, 0.1) is 0 Å². The lowest BCUT2D eigenvalue weighted by molar-refractivity contribution is 0.948. The predicted octanol–water partition coefficient (Wildman–Crippen LogP) is 1.67. The molecule has 0 saturated carbocycles. The normalized spacial score (nSPS) is 10.2. The summed E-state index contributed by atoms with van der Waals surface area (Å²) >= 11 is 1.43. The second-order valence-electron chi connectivity index (χ2n) is 3.59. The summed E-state index contributed by atoms with van der Waals surface area (Å²) in [7, 11) is 3.80.